The van der Waals surface area contributed by atoms with E-state index in [0.717, 1.165) is 22.6 Å². The number of nitrogens with zero attached hydrogens (tertiary/aromatic N) is 2. The third kappa shape index (κ3) is 4.82. The summed E-state index contributed by atoms with van der Waals surface area (Å²) in [6.45, 7) is 1.04. The van der Waals surface area contributed by atoms with Crippen LogP contribution in [0.2, 0.25) is 0 Å². The van der Waals surface area contributed by atoms with Gasteiger partial charge in [-0.2, -0.15) is 5.26 Å². The smallest absolute Gasteiger partial charge is 0.142 e. The summed E-state index contributed by atoms with van der Waals surface area (Å²) in [6.07, 6.45) is 0. The van der Waals surface area contributed by atoms with E-state index in [0.29, 0.717) is 24.7 Å². The number of nitriles is 1. The third-order valence-electron chi connectivity index (χ3n) is 3.76. The average molecular weight is 345 g/mol. The van der Waals surface area contributed by atoms with Crippen molar-refractivity contribution in [3.8, 4) is 11.8 Å². The SMILES string of the molecule is COc1ccc(COCc2cccc(Nc3cccc(C#N)n3)c2)cc1. The number of hydrogen-bond acceptors (Lipinski definition) is 5. The first kappa shape index (κ1) is 17.5. The maximum atomic E-state index is 8.93. The molecule has 0 atom stereocenters. The van der Waals surface area contributed by atoms with Gasteiger partial charge in [-0.25, -0.2) is 4.98 Å². The molecule has 1 heterocycles. The number of pyridine rings is 1. The van der Waals surface area contributed by atoms with E-state index in [9.17, 15) is 0 Å². The molecule has 5 nitrogen and oxygen atoms in total. The highest BCUT2D eigenvalue weighted by Gasteiger charge is 2.01. The Bertz CT molecular complexity index is 902. The van der Waals surface area contributed by atoms with Gasteiger partial charge < -0.3 is 14.8 Å². The van der Waals surface area contributed by atoms with Crippen LogP contribution in [-0.2, 0) is 18.0 Å². The van der Waals surface area contributed by atoms with E-state index in [1.165, 1.54) is 0 Å². The lowest BCUT2D eigenvalue weighted by atomic mass is 10.2. The number of hydrogen-bond donors (Lipinski definition) is 1. The summed E-state index contributed by atoms with van der Waals surface area (Å²) in [5.41, 5.74) is 3.43. The van der Waals surface area contributed by atoms with Gasteiger partial charge in [-0.3, -0.25) is 0 Å². The zero-order valence-corrected chi connectivity index (χ0v) is 14.5. The normalized spacial score (nSPS) is 10.2. The van der Waals surface area contributed by atoms with Gasteiger partial charge in [0, 0.05) is 5.69 Å². The van der Waals surface area contributed by atoms with Gasteiger partial charge >= 0.3 is 0 Å². The number of anilines is 2. The molecule has 0 fully saturated rings. The molecule has 1 N–H and O–H groups in total. The quantitative estimate of drug-likeness (QED) is 0.686. The van der Waals surface area contributed by atoms with Crippen molar-refractivity contribution in [1.82, 2.24) is 4.98 Å². The Labute approximate surface area is 152 Å². The Morgan fingerprint density at radius 1 is 0.962 bits per heavy atom. The molecule has 0 aliphatic carbocycles. The topological polar surface area (TPSA) is 67.2 Å². The van der Waals surface area contributed by atoms with Gasteiger partial charge in [0.1, 0.15) is 23.3 Å². The third-order valence-corrected chi connectivity index (χ3v) is 3.76. The largest absolute Gasteiger partial charge is 0.497 e. The maximum absolute atomic E-state index is 8.93. The highest BCUT2D eigenvalue weighted by molar-refractivity contribution is 5.57. The Morgan fingerprint density at radius 2 is 1.73 bits per heavy atom. The summed E-state index contributed by atoms with van der Waals surface area (Å²) in [4.78, 5) is 4.22. The fourth-order valence-electron chi connectivity index (χ4n) is 2.46. The Kier molecular flexibility index (Phi) is 5.81. The second-order valence-corrected chi connectivity index (χ2v) is 5.69. The summed E-state index contributed by atoms with van der Waals surface area (Å²) in [7, 11) is 1.65. The van der Waals surface area contributed by atoms with Gasteiger partial charge in [0.05, 0.1) is 20.3 Å². The highest BCUT2D eigenvalue weighted by atomic mass is 16.5. The lowest BCUT2D eigenvalue weighted by Crippen LogP contribution is -1.97. The monoisotopic (exact) mass is 345 g/mol. The molecule has 1 aromatic heterocycles. The van der Waals surface area contributed by atoms with Crippen LogP contribution < -0.4 is 10.1 Å². The van der Waals surface area contributed by atoms with E-state index in [1.54, 1.807) is 19.2 Å². The van der Waals surface area contributed by atoms with Crippen LogP contribution in [0.5, 0.6) is 5.75 Å². The molecular formula is C21H19N3O2. The number of nitrogens with one attached hydrogen (secondary N) is 1. The van der Waals surface area contributed by atoms with Crippen molar-refractivity contribution in [2.24, 2.45) is 0 Å². The predicted octanol–water partition coefficient (Wildman–Crippen LogP) is 4.42. The second-order valence-electron chi connectivity index (χ2n) is 5.69. The van der Waals surface area contributed by atoms with E-state index in [1.807, 2.05) is 60.7 Å². The van der Waals surface area contributed by atoms with Crippen molar-refractivity contribution >= 4 is 11.5 Å². The summed E-state index contributed by atoms with van der Waals surface area (Å²) in [6, 6.07) is 23.1. The minimum atomic E-state index is 0.383. The highest BCUT2D eigenvalue weighted by Crippen LogP contribution is 2.18. The zero-order chi connectivity index (χ0) is 18.2. The standard InChI is InChI=1S/C21H19N3O2/c1-25-20-10-8-16(9-11-20)14-26-15-17-4-2-5-18(12-17)23-21-7-3-6-19(13-22)24-21/h2-12H,14-15H2,1H3,(H,23,24). The summed E-state index contributed by atoms with van der Waals surface area (Å²) in [5.74, 6) is 1.47. The van der Waals surface area contributed by atoms with Crippen LogP contribution in [0.3, 0.4) is 0 Å². The fourth-order valence-corrected chi connectivity index (χ4v) is 2.46. The number of benzene rings is 2. The lowest BCUT2D eigenvalue weighted by molar-refractivity contribution is 0.107. The molecule has 0 saturated carbocycles. The zero-order valence-electron chi connectivity index (χ0n) is 14.5. The molecule has 2 aromatic carbocycles. The first-order valence-corrected chi connectivity index (χ1v) is 8.20. The summed E-state index contributed by atoms with van der Waals surface area (Å²) >= 11 is 0. The van der Waals surface area contributed by atoms with Crippen molar-refractivity contribution in [2.45, 2.75) is 13.2 Å². The van der Waals surface area contributed by atoms with E-state index in [2.05, 4.69) is 10.3 Å². The van der Waals surface area contributed by atoms with Crippen LogP contribution in [0.1, 0.15) is 16.8 Å². The van der Waals surface area contributed by atoms with Gasteiger partial charge in [0.25, 0.3) is 0 Å². The number of ether oxygens (including phenoxy) is 2. The van der Waals surface area contributed by atoms with E-state index >= 15 is 0 Å². The van der Waals surface area contributed by atoms with E-state index in [4.69, 9.17) is 14.7 Å². The summed E-state index contributed by atoms with van der Waals surface area (Å²) in [5, 5.41) is 12.1. The molecular weight excluding hydrogens is 326 g/mol. The molecule has 26 heavy (non-hydrogen) atoms. The molecule has 3 aromatic rings. The molecule has 5 heteroatoms. The lowest BCUT2D eigenvalue weighted by Gasteiger charge is -2.09. The van der Waals surface area contributed by atoms with Crippen LogP contribution in [0.4, 0.5) is 11.5 Å². The number of rotatable bonds is 7. The minimum absolute atomic E-state index is 0.383. The molecule has 0 saturated heterocycles. The molecule has 3 rings (SSSR count). The number of aromatic nitrogens is 1. The van der Waals surface area contributed by atoms with Crippen molar-refractivity contribution in [1.29, 1.82) is 5.26 Å². The van der Waals surface area contributed by atoms with Crippen LogP contribution in [0, 0.1) is 11.3 Å². The number of methoxy groups -OCH3 is 1. The van der Waals surface area contributed by atoms with Crippen LogP contribution in [-0.4, -0.2) is 12.1 Å². The predicted molar refractivity (Wildman–Crippen MR) is 100 cm³/mol. The maximum Gasteiger partial charge on any atom is 0.142 e. The van der Waals surface area contributed by atoms with E-state index in [-0.39, 0.29) is 0 Å². The molecule has 0 amide bonds. The van der Waals surface area contributed by atoms with Crippen LogP contribution in [0.15, 0.2) is 66.7 Å². The van der Waals surface area contributed by atoms with Gasteiger partial charge in [-0.15, -0.1) is 0 Å². The average Bonchev–Trinajstić information content (AvgIpc) is 2.69. The first-order valence-electron chi connectivity index (χ1n) is 8.20. The molecule has 130 valence electrons. The Morgan fingerprint density at radius 3 is 2.50 bits per heavy atom. The van der Waals surface area contributed by atoms with Gasteiger partial charge in [-0.05, 0) is 47.5 Å². The van der Waals surface area contributed by atoms with Gasteiger partial charge in [0.15, 0.2) is 0 Å². The van der Waals surface area contributed by atoms with E-state index < -0.39 is 0 Å². The molecule has 0 unspecified atom stereocenters. The van der Waals surface area contributed by atoms with Crippen molar-refractivity contribution in [3.05, 3.63) is 83.6 Å². The minimum Gasteiger partial charge on any atom is -0.497 e. The Balaban J connectivity index is 1.57. The van der Waals surface area contributed by atoms with Crippen molar-refractivity contribution < 1.29 is 9.47 Å². The summed E-state index contributed by atoms with van der Waals surface area (Å²) < 4.78 is 10.9. The second kappa shape index (κ2) is 8.65. The molecule has 0 spiro atoms. The first-order chi connectivity index (χ1) is 12.8. The molecule has 0 aliphatic heterocycles. The fraction of sp³-hybridized carbons (Fsp3) is 0.143. The van der Waals surface area contributed by atoms with Crippen molar-refractivity contribution in [2.75, 3.05) is 12.4 Å². The molecule has 0 bridgehead atoms. The molecule has 0 radical (unpaired) electrons. The van der Waals surface area contributed by atoms with Gasteiger partial charge in [-0.1, -0.05) is 30.3 Å². The van der Waals surface area contributed by atoms with Crippen LogP contribution >= 0.6 is 0 Å². The van der Waals surface area contributed by atoms with Crippen molar-refractivity contribution in [3.63, 3.8) is 0 Å². The van der Waals surface area contributed by atoms with Gasteiger partial charge in [0.2, 0.25) is 0 Å². The molecule has 0 aliphatic rings. The van der Waals surface area contributed by atoms with Crippen LogP contribution in [0.25, 0.3) is 0 Å². The Hall–Kier alpha value is -3.36.